The maximum atomic E-state index is 10.8. The highest BCUT2D eigenvalue weighted by molar-refractivity contribution is 4.93. The molecule has 1 aliphatic heterocycles. The molecular weight excluding hydrogens is 200 g/mol. The van der Waals surface area contributed by atoms with E-state index in [0.29, 0.717) is 5.92 Å². The van der Waals surface area contributed by atoms with Gasteiger partial charge in [0, 0.05) is 13.0 Å². The molecule has 0 aromatic rings. The summed E-state index contributed by atoms with van der Waals surface area (Å²) in [6.07, 6.45) is 8.11. The van der Waals surface area contributed by atoms with Gasteiger partial charge in [0.15, 0.2) is 0 Å². The molecule has 0 aromatic carbocycles. The van der Waals surface area contributed by atoms with Crippen molar-refractivity contribution in [3.8, 4) is 0 Å². The predicted molar refractivity (Wildman–Crippen MR) is 65.3 cm³/mol. The molecule has 0 radical (unpaired) electrons. The Kier molecular flexibility index (Phi) is 3.91. The summed E-state index contributed by atoms with van der Waals surface area (Å²) in [7, 11) is 0. The van der Waals surface area contributed by atoms with Gasteiger partial charge in [0.1, 0.15) is 0 Å². The summed E-state index contributed by atoms with van der Waals surface area (Å²) in [5.41, 5.74) is -0.423. The van der Waals surface area contributed by atoms with Crippen LogP contribution in [0.1, 0.15) is 58.8 Å². The molecule has 2 aliphatic rings. The number of hydrogen-bond donors (Lipinski definition) is 1. The molecule has 4 atom stereocenters. The molecule has 0 bridgehead atoms. The van der Waals surface area contributed by atoms with Crippen molar-refractivity contribution in [2.24, 2.45) is 11.8 Å². The van der Waals surface area contributed by atoms with Crippen LogP contribution in [0.3, 0.4) is 0 Å². The smallest absolute Gasteiger partial charge is 0.0722 e. The van der Waals surface area contributed by atoms with E-state index in [2.05, 4.69) is 13.8 Å². The summed E-state index contributed by atoms with van der Waals surface area (Å²) in [5.74, 6) is 1.32. The third kappa shape index (κ3) is 2.60. The van der Waals surface area contributed by atoms with Crippen LogP contribution in [-0.4, -0.2) is 23.4 Å². The quantitative estimate of drug-likeness (QED) is 0.784. The first-order chi connectivity index (χ1) is 7.64. The minimum Gasteiger partial charge on any atom is -0.389 e. The van der Waals surface area contributed by atoms with Gasteiger partial charge < -0.3 is 9.84 Å². The average Bonchev–Trinajstić information content (AvgIpc) is 2.29. The minimum absolute atomic E-state index is 0.288. The summed E-state index contributed by atoms with van der Waals surface area (Å²) in [6, 6.07) is 0. The zero-order valence-electron chi connectivity index (χ0n) is 10.7. The van der Waals surface area contributed by atoms with Crippen molar-refractivity contribution < 1.29 is 9.84 Å². The fourth-order valence-corrected chi connectivity index (χ4v) is 3.51. The Morgan fingerprint density at radius 1 is 1.38 bits per heavy atom. The highest BCUT2D eigenvalue weighted by atomic mass is 16.5. The third-order valence-corrected chi connectivity index (χ3v) is 4.62. The van der Waals surface area contributed by atoms with Gasteiger partial charge in [0.05, 0.1) is 11.7 Å². The van der Waals surface area contributed by atoms with Gasteiger partial charge in [-0.15, -0.1) is 0 Å². The highest BCUT2D eigenvalue weighted by Crippen LogP contribution is 2.42. The summed E-state index contributed by atoms with van der Waals surface area (Å²) in [4.78, 5) is 0. The van der Waals surface area contributed by atoms with Crippen LogP contribution in [0.4, 0.5) is 0 Å². The van der Waals surface area contributed by atoms with Crippen LogP contribution in [0.5, 0.6) is 0 Å². The number of rotatable bonds is 2. The first-order valence-electron chi connectivity index (χ1n) is 6.98. The molecule has 2 fully saturated rings. The fourth-order valence-electron chi connectivity index (χ4n) is 3.51. The molecule has 4 unspecified atom stereocenters. The molecule has 0 amide bonds. The van der Waals surface area contributed by atoms with Crippen LogP contribution in [0.2, 0.25) is 0 Å². The third-order valence-electron chi connectivity index (χ3n) is 4.62. The van der Waals surface area contributed by atoms with Gasteiger partial charge in [0.2, 0.25) is 0 Å². The molecule has 2 nitrogen and oxygen atoms in total. The molecular formula is C14H26O2. The predicted octanol–water partition coefficient (Wildman–Crippen LogP) is 3.13. The van der Waals surface area contributed by atoms with E-state index in [1.807, 2.05) is 0 Å². The van der Waals surface area contributed by atoms with Crippen LogP contribution >= 0.6 is 0 Å². The lowest BCUT2D eigenvalue weighted by Gasteiger charge is -2.44. The molecule has 2 heteroatoms. The Bertz CT molecular complexity index is 229. The van der Waals surface area contributed by atoms with E-state index >= 15 is 0 Å². The van der Waals surface area contributed by atoms with Crippen LogP contribution in [-0.2, 0) is 4.74 Å². The lowest BCUT2D eigenvalue weighted by atomic mass is 9.69. The van der Waals surface area contributed by atoms with Crippen molar-refractivity contribution >= 4 is 0 Å². The largest absolute Gasteiger partial charge is 0.389 e. The second kappa shape index (κ2) is 5.05. The van der Waals surface area contributed by atoms with Crippen molar-refractivity contribution in [1.82, 2.24) is 0 Å². The Hall–Kier alpha value is -0.0800. The zero-order valence-corrected chi connectivity index (χ0v) is 10.7. The van der Waals surface area contributed by atoms with Crippen molar-refractivity contribution in [3.05, 3.63) is 0 Å². The SMILES string of the molecule is CCC1CC(O)(C2CCCC(C)C2)CCO1. The number of ether oxygens (including phenoxy) is 1. The Labute approximate surface area is 99.4 Å². The Morgan fingerprint density at radius 2 is 2.19 bits per heavy atom. The first kappa shape index (κ1) is 12.4. The second-order valence-electron chi connectivity index (χ2n) is 5.93. The lowest BCUT2D eigenvalue weighted by Crippen LogP contribution is -2.47. The zero-order chi connectivity index (χ0) is 11.6. The molecule has 2 rings (SSSR count). The molecule has 0 spiro atoms. The summed E-state index contributed by atoms with van der Waals surface area (Å²) < 4.78 is 5.68. The maximum absolute atomic E-state index is 10.8. The molecule has 1 saturated heterocycles. The number of aliphatic hydroxyl groups is 1. The van der Waals surface area contributed by atoms with Gasteiger partial charge in [0.25, 0.3) is 0 Å². The van der Waals surface area contributed by atoms with E-state index in [0.717, 1.165) is 31.8 Å². The van der Waals surface area contributed by atoms with Crippen molar-refractivity contribution in [1.29, 1.82) is 0 Å². The highest BCUT2D eigenvalue weighted by Gasteiger charge is 2.42. The molecule has 94 valence electrons. The maximum Gasteiger partial charge on any atom is 0.0722 e. The van der Waals surface area contributed by atoms with Crippen LogP contribution in [0, 0.1) is 11.8 Å². The van der Waals surface area contributed by atoms with Crippen LogP contribution in [0.25, 0.3) is 0 Å². The minimum atomic E-state index is -0.423. The average molecular weight is 226 g/mol. The van der Waals surface area contributed by atoms with Gasteiger partial charge in [-0.2, -0.15) is 0 Å². The van der Waals surface area contributed by atoms with E-state index in [4.69, 9.17) is 4.74 Å². The Balaban J connectivity index is 1.99. The fraction of sp³-hybridized carbons (Fsp3) is 1.00. The Morgan fingerprint density at radius 3 is 2.88 bits per heavy atom. The second-order valence-corrected chi connectivity index (χ2v) is 5.93. The van der Waals surface area contributed by atoms with Crippen LogP contribution in [0.15, 0.2) is 0 Å². The van der Waals surface area contributed by atoms with Crippen molar-refractivity contribution in [3.63, 3.8) is 0 Å². The first-order valence-corrected chi connectivity index (χ1v) is 6.98. The van der Waals surface area contributed by atoms with E-state index in [-0.39, 0.29) is 6.10 Å². The summed E-state index contributed by atoms with van der Waals surface area (Å²) in [5, 5.41) is 10.8. The van der Waals surface area contributed by atoms with Gasteiger partial charge in [-0.05, 0) is 37.5 Å². The molecule has 1 saturated carbocycles. The van der Waals surface area contributed by atoms with E-state index in [9.17, 15) is 5.11 Å². The molecule has 1 N–H and O–H groups in total. The van der Waals surface area contributed by atoms with Crippen molar-refractivity contribution in [2.45, 2.75) is 70.5 Å². The van der Waals surface area contributed by atoms with Gasteiger partial charge in [-0.3, -0.25) is 0 Å². The van der Waals surface area contributed by atoms with Gasteiger partial charge in [-0.25, -0.2) is 0 Å². The molecule has 0 aromatic heterocycles. The van der Waals surface area contributed by atoms with Crippen LogP contribution < -0.4 is 0 Å². The molecule has 1 heterocycles. The van der Waals surface area contributed by atoms with Gasteiger partial charge in [-0.1, -0.05) is 26.7 Å². The van der Waals surface area contributed by atoms with E-state index in [1.54, 1.807) is 0 Å². The van der Waals surface area contributed by atoms with Gasteiger partial charge >= 0.3 is 0 Å². The van der Waals surface area contributed by atoms with E-state index in [1.165, 1.54) is 25.7 Å². The summed E-state index contributed by atoms with van der Waals surface area (Å²) >= 11 is 0. The lowest BCUT2D eigenvalue weighted by molar-refractivity contribution is -0.140. The molecule has 16 heavy (non-hydrogen) atoms. The monoisotopic (exact) mass is 226 g/mol. The topological polar surface area (TPSA) is 29.5 Å². The standard InChI is InChI=1S/C14H26O2/c1-3-13-10-14(15,7-8-16-13)12-6-4-5-11(2)9-12/h11-13,15H,3-10H2,1-2H3. The number of hydrogen-bond acceptors (Lipinski definition) is 2. The van der Waals surface area contributed by atoms with E-state index < -0.39 is 5.60 Å². The van der Waals surface area contributed by atoms with Crippen molar-refractivity contribution in [2.75, 3.05) is 6.61 Å². The normalized spacial score (nSPS) is 45.6. The summed E-state index contributed by atoms with van der Waals surface area (Å²) in [6.45, 7) is 5.23. The molecule has 1 aliphatic carbocycles.